The third-order valence-electron chi connectivity index (χ3n) is 3.75. The molecule has 1 amide bonds. The molecule has 1 aromatic heterocycles. The average molecular weight is 352 g/mol. The van der Waals surface area contributed by atoms with Gasteiger partial charge in [-0.2, -0.15) is 11.8 Å². The average Bonchev–Trinajstić information content (AvgIpc) is 3.17. The van der Waals surface area contributed by atoms with E-state index in [0.29, 0.717) is 34.3 Å². The van der Waals surface area contributed by atoms with E-state index in [2.05, 4.69) is 5.32 Å². The Hall–Kier alpha value is -1.92. The number of carbonyl (C=O) groups is 2. The molecule has 23 heavy (non-hydrogen) atoms. The molecular weight excluding hydrogens is 338 g/mol. The summed E-state index contributed by atoms with van der Waals surface area (Å²) in [6.45, 7) is 0. The molecule has 7 heteroatoms. The Balaban J connectivity index is 1.82. The van der Waals surface area contributed by atoms with Crippen LogP contribution < -0.4 is 5.32 Å². The topological polar surface area (TPSA) is 79.5 Å². The molecule has 1 fully saturated rings. The van der Waals surface area contributed by atoms with Gasteiger partial charge in [-0.05, 0) is 36.4 Å². The molecule has 1 aliphatic rings. The molecule has 5 nitrogen and oxygen atoms in total. The van der Waals surface area contributed by atoms with Crippen molar-refractivity contribution < 1.29 is 19.1 Å². The minimum absolute atomic E-state index is 0.0671. The van der Waals surface area contributed by atoms with Gasteiger partial charge in [0.15, 0.2) is 5.76 Å². The van der Waals surface area contributed by atoms with Gasteiger partial charge in [-0.25, -0.2) is 4.79 Å². The smallest absolute Gasteiger partial charge is 0.330 e. The van der Waals surface area contributed by atoms with Crippen LogP contribution in [0.5, 0.6) is 0 Å². The SMILES string of the molecule is O=C(NC1(C(=O)O)CCSC1)c1ccc(-c2ccccc2Cl)o1. The van der Waals surface area contributed by atoms with Crippen molar-refractivity contribution in [2.24, 2.45) is 0 Å². The fourth-order valence-corrected chi connectivity index (χ4v) is 3.98. The van der Waals surface area contributed by atoms with Crippen molar-refractivity contribution in [2.75, 3.05) is 11.5 Å². The summed E-state index contributed by atoms with van der Waals surface area (Å²) in [7, 11) is 0. The van der Waals surface area contributed by atoms with Crippen LogP contribution in [0.15, 0.2) is 40.8 Å². The van der Waals surface area contributed by atoms with Gasteiger partial charge in [0.1, 0.15) is 11.3 Å². The molecule has 0 spiro atoms. The first kappa shape index (κ1) is 16.0. The van der Waals surface area contributed by atoms with Gasteiger partial charge in [0.2, 0.25) is 0 Å². The standard InChI is InChI=1S/C16H14ClNO4S/c17-11-4-2-1-3-10(11)12-5-6-13(22-12)14(19)18-16(15(20)21)7-8-23-9-16/h1-6H,7-9H2,(H,18,19)(H,20,21). The molecule has 1 aliphatic heterocycles. The van der Waals surface area contributed by atoms with E-state index in [-0.39, 0.29) is 5.76 Å². The molecule has 0 saturated carbocycles. The number of carboxylic acid groups (broad SMARTS) is 1. The van der Waals surface area contributed by atoms with Crippen LogP contribution >= 0.6 is 23.4 Å². The third kappa shape index (κ3) is 3.09. The largest absolute Gasteiger partial charge is 0.479 e. The van der Waals surface area contributed by atoms with E-state index in [1.165, 1.54) is 17.8 Å². The molecule has 0 radical (unpaired) electrons. The van der Waals surface area contributed by atoms with Crippen LogP contribution in [0.3, 0.4) is 0 Å². The first-order chi connectivity index (χ1) is 11.0. The number of carboxylic acids is 1. The lowest BCUT2D eigenvalue weighted by Gasteiger charge is -2.23. The highest BCUT2D eigenvalue weighted by Gasteiger charge is 2.43. The van der Waals surface area contributed by atoms with Gasteiger partial charge >= 0.3 is 5.97 Å². The Labute approximate surface area is 142 Å². The van der Waals surface area contributed by atoms with Crippen molar-refractivity contribution in [3.05, 3.63) is 47.2 Å². The maximum atomic E-state index is 12.3. The number of aliphatic carboxylic acids is 1. The molecular formula is C16H14ClNO4S. The Kier molecular flexibility index (Phi) is 4.37. The summed E-state index contributed by atoms with van der Waals surface area (Å²) >= 11 is 7.61. The number of halogens is 1. The highest BCUT2D eigenvalue weighted by atomic mass is 35.5. The fourth-order valence-electron chi connectivity index (χ4n) is 2.43. The molecule has 2 heterocycles. The van der Waals surface area contributed by atoms with Crippen LogP contribution in [-0.2, 0) is 4.79 Å². The summed E-state index contributed by atoms with van der Waals surface area (Å²) in [5.74, 6) is 0.0344. The van der Waals surface area contributed by atoms with Gasteiger partial charge in [-0.3, -0.25) is 4.79 Å². The van der Waals surface area contributed by atoms with Gasteiger partial charge in [-0.1, -0.05) is 23.7 Å². The van der Waals surface area contributed by atoms with E-state index in [9.17, 15) is 14.7 Å². The lowest BCUT2D eigenvalue weighted by Crippen LogP contribution is -2.54. The van der Waals surface area contributed by atoms with Crippen LogP contribution in [0.1, 0.15) is 17.0 Å². The number of nitrogens with one attached hydrogen (secondary N) is 1. The molecule has 120 valence electrons. The van der Waals surface area contributed by atoms with Gasteiger partial charge in [0.05, 0.1) is 5.02 Å². The van der Waals surface area contributed by atoms with Crippen molar-refractivity contribution in [1.82, 2.24) is 5.32 Å². The summed E-state index contributed by atoms with van der Waals surface area (Å²) < 4.78 is 5.55. The minimum Gasteiger partial charge on any atom is -0.479 e. The van der Waals surface area contributed by atoms with Gasteiger partial charge < -0.3 is 14.8 Å². The van der Waals surface area contributed by atoms with Crippen LogP contribution in [0, 0.1) is 0 Å². The van der Waals surface area contributed by atoms with Crippen LogP contribution in [0.4, 0.5) is 0 Å². The maximum Gasteiger partial charge on any atom is 0.330 e. The fraction of sp³-hybridized carbons (Fsp3) is 0.250. The van der Waals surface area contributed by atoms with E-state index in [1.54, 1.807) is 24.3 Å². The van der Waals surface area contributed by atoms with Crippen molar-refractivity contribution in [3.8, 4) is 11.3 Å². The summed E-state index contributed by atoms with van der Waals surface area (Å²) in [5, 5.41) is 12.5. The summed E-state index contributed by atoms with van der Waals surface area (Å²) in [4.78, 5) is 23.8. The van der Waals surface area contributed by atoms with E-state index >= 15 is 0 Å². The van der Waals surface area contributed by atoms with E-state index < -0.39 is 17.4 Å². The molecule has 0 aliphatic carbocycles. The van der Waals surface area contributed by atoms with Crippen LogP contribution in [0.2, 0.25) is 5.02 Å². The zero-order valence-electron chi connectivity index (χ0n) is 12.0. The van der Waals surface area contributed by atoms with Crippen LogP contribution in [0.25, 0.3) is 11.3 Å². The highest BCUT2D eigenvalue weighted by Crippen LogP contribution is 2.31. The Morgan fingerprint density at radius 2 is 2.04 bits per heavy atom. The Morgan fingerprint density at radius 1 is 1.26 bits per heavy atom. The second kappa shape index (κ2) is 6.29. The number of carbonyl (C=O) groups excluding carboxylic acids is 1. The second-order valence-electron chi connectivity index (χ2n) is 5.29. The second-order valence-corrected chi connectivity index (χ2v) is 6.80. The number of amides is 1. The molecule has 3 rings (SSSR count). The summed E-state index contributed by atoms with van der Waals surface area (Å²) in [5.41, 5.74) is -0.545. The predicted molar refractivity (Wildman–Crippen MR) is 88.9 cm³/mol. The number of hydrogen-bond acceptors (Lipinski definition) is 4. The Morgan fingerprint density at radius 3 is 2.70 bits per heavy atom. The zero-order valence-corrected chi connectivity index (χ0v) is 13.6. The third-order valence-corrected chi connectivity index (χ3v) is 5.27. The van der Waals surface area contributed by atoms with Gasteiger partial charge in [0.25, 0.3) is 5.91 Å². The molecule has 1 atom stereocenters. The molecule has 0 bridgehead atoms. The number of benzene rings is 1. The normalized spacial score (nSPS) is 20.4. The van der Waals surface area contributed by atoms with Crippen molar-refractivity contribution in [3.63, 3.8) is 0 Å². The summed E-state index contributed by atoms with van der Waals surface area (Å²) in [6.07, 6.45) is 0.400. The van der Waals surface area contributed by atoms with Crippen LogP contribution in [-0.4, -0.2) is 34.0 Å². The number of furan rings is 1. The molecule has 2 N–H and O–H groups in total. The van der Waals surface area contributed by atoms with E-state index in [1.807, 2.05) is 6.07 Å². The van der Waals surface area contributed by atoms with Gasteiger partial charge in [0, 0.05) is 11.3 Å². The number of thioether (sulfide) groups is 1. The quantitative estimate of drug-likeness (QED) is 0.883. The van der Waals surface area contributed by atoms with Crippen molar-refractivity contribution in [2.45, 2.75) is 12.0 Å². The lowest BCUT2D eigenvalue weighted by atomic mass is 9.99. The van der Waals surface area contributed by atoms with Gasteiger partial charge in [-0.15, -0.1) is 0 Å². The first-order valence-corrected chi connectivity index (χ1v) is 8.53. The lowest BCUT2D eigenvalue weighted by molar-refractivity contribution is -0.143. The molecule has 1 saturated heterocycles. The molecule has 2 aromatic rings. The molecule has 1 unspecified atom stereocenters. The van der Waals surface area contributed by atoms with Crippen molar-refractivity contribution in [1.29, 1.82) is 0 Å². The number of hydrogen-bond donors (Lipinski definition) is 2. The zero-order chi connectivity index (χ0) is 16.4. The van der Waals surface area contributed by atoms with E-state index in [4.69, 9.17) is 16.0 Å². The first-order valence-electron chi connectivity index (χ1n) is 7.00. The summed E-state index contributed by atoms with van der Waals surface area (Å²) in [6, 6.07) is 10.3. The maximum absolute atomic E-state index is 12.3. The predicted octanol–water partition coefficient (Wildman–Crippen LogP) is 3.29. The number of rotatable bonds is 4. The highest BCUT2D eigenvalue weighted by molar-refractivity contribution is 7.99. The van der Waals surface area contributed by atoms with E-state index in [0.717, 1.165) is 0 Å². The molecule has 1 aromatic carbocycles. The van der Waals surface area contributed by atoms with Crippen molar-refractivity contribution >= 4 is 35.2 Å². The Bertz CT molecular complexity index is 752. The minimum atomic E-state index is -1.22. The monoisotopic (exact) mass is 351 g/mol.